The van der Waals surface area contributed by atoms with E-state index in [0.29, 0.717) is 21.8 Å². The van der Waals surface area contributed by atoms with Gasteiger partial charge in [-0.05, 0) is 24.3 Å². The predicted octanol–water partition coefficient (Wildman–Crippen LogP) is 3.25. The number of nitrogens with zero attached hydrogens (tertiary/aromatic N) is 1. The van der Waals surface area contributed by atoms with Gasteiger partial charge in [-0.3, -0.25) is 9.59 Å². The molecule has 104 valence electrons. The smallest absolute Gasteiger partial charge is 0.269 e. The van der Waals surface area contributed by atoms with Gasteiger partial charge in [0.2, 0.25) is 0 Å². The van der Waals surface area contributed by atoms with Crippen LogP contribution in [0, 0.1) is 0 Å². The van der Waals surface area contributed by atoms with E-state index in [1.807, 2.05) is 0 Å². The van der Waals surface area contributed by atoms with Crippen molar-refractivity contribution < 1.29 is 9.59 Å². The van der Waals surface area contributed by atoms with E-state index in [9.17, 15) is 9.59 Å². The minimum Gasteiger partial charge on any atom is -0.356 e. The maximum atomic E-state index is 12.3. The summed E-state index contributed by atoms with van der Waals surface area (Å²) in [6, 6.07) is 6.18. The number of benzene rings is 1. The first kappa shape index (κ1) is 14.6. The highest BCUT2D eigenvalue weighted by molar-refractivity contribution is 6.37. The third kappa shape index (κ3) is 2.86. The van der Waals surface area contributed by atoms with Crippen molar-refractivity contribution in [2.75, 3.05) is 14.1 Å². The molecule has 0 aliphatic heterocycles. The van der Waals surface area contributed by atoms with Crippen LogP contribution in [0.15, 0.2) is 30.5 Å². The summed E-state index contributed by atoms with van der Waals surface area (Å²) in [4.78, 5) is 28.3. The molecule has 4 nitrogen and oxygen atoms in total. The lowest BCUT2D eigenvalue weighted by Crippen LogP contribution is -2.21. The number of hydrogen-bond acceptors (Lipinski definition) is 2. The summed E-state index contributed by atoms with van der Waals surface area (Å²) in [5, 5.41) is 0.744. The average Bonchev–Trinajstić information content (AvgIpc) is 2.86. The summed E-state index contributed by atoms with van der Waals surface area (Å²) in [7, 11) is 3.28. The molecule has 1 aromatic carbocycles. The average molecular weight is 311 g/mol. The third-order valence-electron chi connectivity index (χ3n) is 2.76. The standard InChI is InChI=1S/C14H12Cl2N2O2/c1-18(2)14(20)12-5-8(7-17-12)13(19)10-4-3-9(15)6-11(10)16/h3-7,17H,1-2H3. The fourth-order valence-corrected chi connectivity index (χ4v) is 2.21. The minimum atomic E-state index is -0.263. The van der Waals surface area contributed by atoms with E-state index >= 15 is 0 Å². The molecule has 0 bridgehead atoms. The third-order valence-corrected chi connectivity index (χ3v) is 3.31. The number of halogens is 2. The molecule has 2 aromatic rings. The number of H-pyrrole nitrogens is 1. The molecule has 0 aliphatic carbocycles. The van der Waals surface area contributed by atoms with Crippen molar-refractivity contribution >= 4 is 34.9 Å². The molecule has 0 aliphatic rings. The number of ketones is 1. The van der Waals surface area contributed by atoms with E-state index in [-0.39, 0.29) is 16.7 Å². The number of rotatable bonds is 3. The van der Waals surface area contributed by atoms with Crippen LogP contribution in [0.3, 0.4) is 0 Å². The molecule has 1 amide bonds. The van der Waals surface area contributed by atoms with E-state index in [4.69, 9.17) is 23.2 Å². The molecule has 0 atom stereocenters. The molecule has 0 radical (unpaired) electrons. The van der Waals surface area contributed by atoms with Gasteiger partial charge >= 0.3 is 0 Å². The molecule has 1 N–H and O–H groups in total. The highest BCUT2D eigenvalue weighted by Crippen LogP contribution is 2.23. The fourth-order valence-electron chi connectivity index (χ4n) is 1.72. The zero-order valence-corrected chi connectivity index (χ0v) is 12.4. The monoisotopic (exact) mass is 310 g/mol. The summed E-state index contributed by atoms with van der Waals surface area (Å²) in [5.41, 5.74) is 1.07. The van der Waals surface area contributed by atoms with E-state index in [1.54, 1.807) is 26.2 Å². The Morgan fingerprint density at radius 2 is 1.85 bits per heavy atom. The Morgan fingerprint density at radius 3 is 2.45 bits per heavy atom. The Labute approximate surface area is 126 Å². The Morgan fingerprint density at radius 1 is 1.15 bits per heavy atom. The molecule has 1 heterocycles. The van der Waals surface area contributed by atoms with Crippen LogP contribution in [0.1, 0.15) is 26.4 Å². The zero-order chi connectivity index (χ0) is 14.9. The van der Waals surface area contributed by atoms with Gasteiger partial charge in [-0.1, -0.05) is 23.2 Å². The van der Waals surface area contributed by atoms with Gasteiger partial charge in [-0.2, -0.15) is 0 Å². The van der Waals surface area contributed by atoms with E-state index in [2.05, 4.69) is 4.98 Å². The van der Waals surface area contributed by atoms with Crippen LogP contribution in [0.25, 0.3) is 0 Å². The van der Waals surface area contributed by atoms with Crippen molar-refractivity contribution in [1.29, 1.82) is 0 Å². The second-order valence-corrected chi connectivity index (χ2v) is 5.30. The summed E-state index contributed by atoms with van der Waals surface area (Å²) < 4.78 is 0. The molecule has 2 rings (SSSR count). The molecular weight excluding hydrogens is 299 g/mol. The fraction of sp³-hybridized carbons (Fsp3) is 0.143. The number of aromatic nitrogens is 1. The largest absolute Gasteiger partial charge is 0.356 e. The highest BCUT2D eigenvalue weighted by Gasteiger charge is 2.17. The molecule has 1 aromatic heterocycles. The first-order valence-corrected chi connectivity index (χ1v) is 6.55. The number of carbonyl (C=O) groups excluding carboxylic acids is 2. The maximum Gasteiger partial charge on any atom is 0.269 e. The second kappa shape index (κ2) is 5.69. The number of aromatic amines is 1. The first-order chi connectivity index (χ1) is 9.40. The van der Waals surface area contributed by atoms with Crippen molar-refractivity contribution in [3.63, 3.8) is 0 Å². The summed E-state index contributed by atoms with van der Waals surface area (Å²) in [6.45, 7) is 0. The van der Waals surface area contributed by atoms with Gasteiger partial charge in [-0.25, -0.2) is 0 Å². The Kier molecular flexibility index (Phi) is 4.16. The topological polar surface area (TPSA) is 53.2 Å². The van der Waals surface area contributed by atoms with Crippen LogP contribution in [-0.2, 0) is 0 Å². The molecule has 0 fully saturated rings. The lowest BCUT2D eigenvalue weighted by Gasteiger charge is -2.07. The van der Waals surface area contributed by atoms with Crippen LogP contribution in [0.4, 0.5) is 0 Å². The minimum absolute atomic E-state index is 0.203. The van der Waals surface area contributed by atoms with Crippen molar-refractivity contribution in [2.45, 2.75) is 0 Å². The molecular formula is C14H12Cl2N2O2. The van der Waals surface area contributed by atoms with Crippen molar-refractivity contribution in [3.8, 4) is 0 Å². The van der Waals surface area contributed by atoms with Crippen LogP contribution in [-0.4, -0.2) is 35.7 Å². The lowest BCUT2D eigenvalue weighted by atomic mass is 10.1. The highest BCUT2D eigenvalue weighted by atomic mass is 35.5. The number of nitrogens with one attached hydrogen (secondary N) is 1. The van der Waals surface area contributed by atoms with Gasteiger partial charge in [0.15, 0.2) is 5.78 Å². The van der Waals surface area contributed by atoms with Gasteiger partial charge in [0.05, 0.1) is 5.02 Å². The van der Waals surface area contributed by atoms with Gasteiger partial charge in [0, 0.05) is 36.4 Å². The van der Waals surface area contributed by atoms with Crippen LogP contribution < -0.4 is 0 Å². The van der Waals surface area contributed by atoms with Crippen LogP contribution in [0.2, 0.25) is 10.0 Å². The van der Waals surface area contributed by atoms with Crippen molar-refractivity contribution in [1.82, 2.24) is 9.88 Å². The van der Waals surface area contributed by atoms with Crippen LogP contribution in [0.5, 0.6) is 0 Å². The predicted molar refractivity (Wildman–Crippen MR) is 78.7 cm³/mol. The van der Waals surface area contributed by atoms with Crippen LogP contribution >= 0.6 is 23.2 Å². The molecule has 20 heavy (non-hydrogen) atoms. The Hall–Kier alpha value is -1.78. The quantitative estimate of drug-likeness (QED) is 0.885. The molecule has 0 unspecified atom stereocenters. The Bertz CT molecular complexity index is 678. The van der Waals surface area contributed by atoms with E-state index in [1.165, 1.54) is 23.2 Å². The first-order valence-electron chi connectivity index (χ1n) is 5.80. The summed E-state index contributed by atoms with van der Waals surface area (Å²) in [5.74, 6) is -0.466. The van der Waals surface area contributed by atoms with Crippen molar-refractivity contribution in [3.05, 3.63) is 57.3 Å². The van der Waals surface area contributed by atoms with E-state index in [0.717, 1.165) is 0 Å². The Balaban J connectivity index is 2.32. The maximum absolute atomic E-state index is 12.3. The zero-order valence-electron chi connectivity index (χ0n) is 10.9. The molecule has 6 heteroatoms. The summed E-state index contributed by atoms with van der Waals surface area (Å²) >= 11 is 11.8. The van der Waals surface area contributed by atoms with Gasteiger partial charge in [-0.15, -0.1) is 0 Å². The lowest BCUT2D eigenvalue weighted by molar-refractivity contribution is 0.0822. The van der Waals surface area contributed by atoms with Gasteiger partial charge < -0.3 is 9.88 Å². The number of amides is 1. The number of hydrogen-bond donors (Lipinski definition) is 1. The van der Waals surface area contributed by atoms with Crippen molar-refractivity contribution in [2.24, 2.45) is 0 Å². The molecule has 0 spiro atoms. The van der Waals surface area contributed by atoms with E-state index < -0.39 is 0 Å². The van der Waals surface area contributed by atoms with Gasteiger partial charge in [0.1, 0.15) is 5.69 Å². The molecule has 0 saturated heterocycles. The van der Waals surface area contributed by atoms with Gasteiger partial charge in [0.25, 0.3) is 5.91 Å². The molecule has 0 saturated carbocycles. The SMILES string of the molecule is CN(C)C(=O)c1cc(C(=O)c2ccc(Cl)cc2Cl)c[nH]1. The number of carbonyl (C=O) groups is 2. The summed E-state index contributed by atoms with van der Waals surface area (Å²) in [6.07, 6.45) is 1.49. The second-order valence-electron chi connectivity index (χ2n) is 4.45. The normalized spacial score (nSPS) is 10.4.